The SMILES string of the molecule is NC1CCCCC1(N)OC(=O)c1ccccc1C(=O)OC1(N)CCCCC1N. The minimum absolute atomic E-state index is 0.0723. The Kier molecular flexibility index (Phi) is 6.04. The summed E-state index contributed by atoms with van der Waals surface area (Å²) in [5, 5.41) is 0. The van der Waals surface area contributed by atoms with Crippen LogP contribution in [0.2, 0.25) is 0 Å². The molecule has 0 aromatic heterocycles. The largest absolute Gasteiger partial charge is 0.439 e. The molecule has 0 amide bonds. The van der Waals surface area contributed by atoms with E-state index in [9.17, 15) is 9.59 Å². The maximum absolute atomic E-state index is 12.8. The zero-order chi connectivity index (χ0) is 20.4. The molecule has 8 N–H and O–H groups in total. The highest BCUT2D eigenvalue weighted by Gasteiger charge is 2.41. The van der Waals surface area contributed by atoms with Crippen molar-refractivity contribution >= 4 is 11.9 Å². The number of esters is 2. The first-order chi connectivity index (χ1) is 13.3. The van der Waals surface area contributed by atoms with Gasteiger partial charge in [-0.3, -0.25) is 11.5 Å². The number of hydrogen-bond donors (Lipinski definition) is 4. The lowest BCUT2D eigenvalue weighted by molar-refractivity contribution is -0.0486. The fourth-order valence-corrected chi connectivity index (χ4v) is 3.94. The van der Waals surface area contributed by atoms with Gasteiger partial charge in [0.15, 0.2) is 11.4 Å². The molecule has 4 atom stereocenters. The standard InChI is InChI=1S/C20H30N4O4/c21-15-9-3-5-11-19(15,23)27-17(25)13-7-1-2-8-14(13)18(26)28-20(24)12-6-4-10-16(20)22/h1-2,7-8,15-16H,3-6,9-12,21-24H2. The molecule has 0 radical (unpaired) electrons. The van der Waals surface area contributed by atoms with Crippen LogP contribution in [-0.4, -0.2) is 35.5 Å². The number of carbonyl (C=O) groups excluding carboxylic acids is 2. The average Bonchev–Trinajstić information content (AvgIpc) is 2.66. The molecule has 1 aromatic rings. The summed E-state index contributed by atoms with van der Waals surface area (Å²) in [6.07, 6.45) is 5.87. The quantitative estimate of drug-likeness (QED) is 0.440. The third-order valence-corrected chi connectivity index (χ3v) is 5.85. The van der Waals surface area contributed by atoms with Gasteiger partial charge in [0.05, 0.1) is 23.2 Å². The molecule has 0 heterocycles. The number of benzene rings is 1. The Morgan fingerprint density at radius 3 is 1.54 bits per heavy atom. The van der Waals surface area contributed by atoms with E-state index in [-0.39, 0.29) is 11.1 Å². The van der Waals surface area contributed by atoms with Crippen LogP contribution in [0, 0.1) is 0 Å². The third kappa shape index (κ3) is 4.20. The zero-order valence-corrected chi connectivity index (χ0v) is 16.1. The molecule has 0 saturated heterocycles. The minimum atomic E-state index is -1.24. The minimum Gasteiger partial charge on any atom is -0.439 e. The molecule has 0 aliphatic heterocycles. The first-order valence-electron chi connectivity index (χ1n) is 9.90. The Hall–Kier alpha value is -2.00. The fraction of sp³-hybridized carbons (Fsp3) is 0.600. The van der Waals surface area contributed by atoms with Gasteiger partial charge in [0.2, 0.25) is 0 Å². The van der Waals surface area contributed by atoms with E-state index in [2.05, 4.69) is 0 Å². The number of nitrogens with two attached hydrogens (primary N) is 4. The molecular formula is C20H30N4O4. The van der Waals surface area contributed by atoms with E-state index in [0.717, 1.165) is 25.7 Å². The molecule has 28 heavy (non-hydrogen) atoms. The van der Waals surface area contributed by atoms with Crippen molar-refractivity contribution in [2.24, 2.45) is 22.9 Å². The number of rotatable bonds is 4. The lowest BCUT2D eigenvalue weighted by Crippen LogP contribution is -2.60. The summed E-state index contributed by atoms with van der Waals surface area (Å²) in [6, 6.07) is 5.39. The van der Waals surface area contributed by atoms with E-state index in [4.69, 9.17) is 32.4 Å². The van der Waals surface area contributed by atoms with Gasteiger partial charge >= 0.3 is 11.9 Å². The summed E-state index contributed by atoms with van der Waals surface area (Å²) in [5.74, 6) is -1.40. The summed E-state index contributed by atoms with van der Waals surface area (Å²) in [5.41, 5.74) is 22.3. The van der Waals surface area contributed by atoms with Gasteiger partial charge in [-0.25, -0.2) is 9.59 Å². The van der Waals surface area contributed by atoms with E-state index in [0.29, 0.717) is 25.7 Å². The van der Waals surface area contributed by atoms with Crippen LogP contribution in [0.3, 0.4) is 0 Å². The van der Waals surface area contributed by atoms with Crippen molar-refractivity contribution in [2.75, 3.05) is 0 Å². The van der Waals surface area contributed by atoms with Crippen LogP contribution in [-0.2, 0) is 9.47 Å². The maximum Gasteiger partial charge on any atom is 0.340 e. The molecule has 1 aromatic carbocycles. The van der Waals surface area contributed by atoms with Gasteiger partial charge in [-0.1, -0.05) is 25.0 Å². The Bertz CT molecular complexity index is 682. The molecule has 0 spiro atoms. The molecule has 8 heteroatoms. The van der Waals surface area contributed by atoms with Crippen molar-refractivity contribution < 1.29 is 19.1 Å². The second-order valence-electron chi connectivity index (χ2n) is 7.94. The van der Waals surface area contributed by atoms with Crippen molar-refractivity contribution in [3.63, 3.8) is 0 Å². The third-order valence-electron chi connectivity index (χ3n) is 5.85. The van der Waals surface area contributed by atoms with Crippen LogP contribution in [0.15, 0.2) is 24.3 Å². The topological polar surface area (TPSA) is 157 Å². The van der Waals surface area contributed by atoms with Crippen molar-refractivity contribution in [3.8, 4) is 0 Å². The van der Waals surface area contributed by atoms with Crippen molar-refractivity contribution in [1.82, 2.24) is 0 Å². The molecule has 8 nitrogen and oxygen atoms in total. The lowest BCUT2D eigenvalue weighted by atomic mass is 9.87. The zero-order valence-electron chi connectivity index (χ0n) is 16.1. The number of hydrogen-bond acceptors (Lipinski definition) is 8. The van der Waals surface area contributed by atoms with Crippen LogP contribution in [0.5, 0.6) is 0 Å². The Morgan fingerprint density at radius 2 is 1.18 bits per heavy atom. The van der Waals surface area contributed by atoms with Crippen molar-refractivity contribution in [1.29, 1.82) is 0 Å². The average molecular weight is 390 g/mol. The summed E-state index contributed by atoms with van der Waals surface area (Å²) in [4.78, 5) is 25.6. The van der Waals surface area contributed by atoms with Gasteiger partial charge < -0.3 is 20.9 Å². The van der Waals surface area contributed by atoms with Gasteiger partial charge in [-0.05, 0) is 37.8 Å². The van der Waals surface area contributed by atoms with E-state index >= 15 is 0 Å². The van der Waals surface area contributed by atoms with Crippen molar-refractivity contribution in [3.05, 3.63) is 35.4 Å². The van der Waals surface area contributed by atoms with E-state index < -0.39 is 35.5 Å². The molecule has 3 rings (SSSR count). The first-order valence-corrected chi connectivity index (χ1v) is 9.90. The predicted molar refractivity (Wildman–Crippen MR) is 104 cm³/mol. The molecule has 4 unspecified atom stereocenters. The summed E-state index contributed by atoms with van der Waals surface area (Å²) in [7, 11) is 0. The van der Waals surface area contributed by atoms with Crippen LogP contribution >= 0.6 is 0 Å². The normalized spacial score (nSPS) is 33.1. The van der Waals surface area contributed by atoms with E-state index in [1.54, 1.807) is 12.1 Å². The Labute approximate surface area is 164 Å². The number of ether oxygens (including phenoxy) is 2. The highest BCUT2D eigenvalue weighted by molar-refractivity contribution is 6.03. The fourth-order valence-electron chi connectivity index (χ4n) is 3.94. The van der Waals surface area contributed by atoms with Gasteiger partial charge in [0.1, 0.15) is 0 Å². The van der Waals surface area contributed by atoms with Gasteiger partial charge in [-0.15, -0.1) is 0 Å². The molecule has 154 valence electrons. The molecular weight excluding hydrogens is 360 g/mol. The number of carbonyl (C=O) groups is 2. The highest BCUT2D eigenvalue weighted by atomic mass is 16.6. The van der Waals surface area contributed by atoms with Crippen molar-refractivity contribution in [2.45, 2.75) is 74.9 Å². The van der Waals surface area contributed by atoms with Crippen LogP contribution in [0.4, 0.5) is 0 Å². The highest BCUT2D eigenvalue weighted by Crippen LogP contribution is 2.30. The van der Waals surface area contributed by atoms with Crippen LogP contribution < -0.4 is 22.9 Å². The van der Waals surface area contributed by atoms with Gasteiger partial charge in [0.25, 0.3) is 0 Å². The molecule has 2 fully saturated rings. The molecule has 2 aliphatic carbocycles. The summed E-state index contributed by atoms with van der Waals surface area (Å²) in [6.45, 7) is 0. The second-order valence-corrected chi connectivity index (χ2v) is 7.94. The van der Waals surface area contributed by atoms with E-state index in [1.807, 2.05) is 0 Å². The molecule has 2 saturated carbocycles. The second kappa shape index (κ2) is 8.16. The summed E-state index contributed by atoms with van der Waals surface area (Å²) >= 11 is 0. The lowest BCUT2D eigenvalue weighted by Gasteiger charge is -2.39. The van der Waals surface area contributed by atoms with Gasteiger partial charge in [0, 0.05) is 12.8 Å². The molecule has 0 bridgehead atoms. The first kappa shape index (κ1) is 20.7. The van der Waals surface area contributed by atoms with Crippen LogP contribution in [0.1, 0.15) is 72.1 Å². The van der Waals surface area contributed by atoms with E-state index in [1.165, 1.54) is 12.1 Å². The Balaban J connectivity index is 1.78. The maximum atomic E-state index is 12.8. The predicted octanol–water partition coefficient (Wildman–Crippen LogP) is 1.11. The van der Waals surface area contributed by atoms with Gasteiger partial charge in [-0.2, -0.15) is 0 Å². The van der Waals surface area contributed by atoms with Crippen LogP contribution in [0.25, 0.3) is 0 Å². The summed E-state index contributed by atoms with van der Waals surface area (Å²) < 4.78 is 11.1. The monoisotopic (exact) mass is 390 g/mol. The smallest absolute Gasteiger partial charge is 0.340 e. The molecule has 2 aliphatic rings. The Morgan fingerprint density at radius 1 is 0.786 bits per heavy atom.